The second kappa shape index (κ2) is 5.29. The summed E-state index contributed by atoms with van der Waals surface area (Å²) >= 11 is 0. The van der Waals surface area contributed by atoms with E-state index in [1.807, 2.05) is 18.2 Å². The second-order valence-corrected chi connectivity index (χ2v) is 4.77. The van der Waals surface area contributed by atoms with Crippen molar-refractivity contribution in [3.8, 4) is 5.75 Å². The molecule has 0 aromatic heterocycles. The van der Waals surface area contributed by atoms with Crippen molar-refractivity contribution in [1.29, 1.82) is 0 Å². The third-order valence-electron chi connectivity index (χ3n) is 3.08. The Morgan fingerprint density at radius 1 is 1.56 bits per heavy atom. The van der Waals surface area contributed by atoms with Crippen LogP contribution in [0.1, 0.15) is 32.3 Å². The molecule has 3 N–H and O–H groups in total. The van der Waals surface area contributed by atoms with Gasteiger partial charge in [-0.25, -0.2) is 0 Å². The molecule has 0 bridgehead atoms. The first-order valence-corrected chi connectivity index (χ1v) is 6.45. The van der Waals surface area contributed by atoms with Crippen LogP contribution in [-0.4, -0.2) is 18.1 Å². The zero-order valence-electron chi connectivity index (χ0n) is 10.9. The van der Waals surface area contributed by atoms with Crippen LogP contribution in [0.3, 0.4) is 0 Å². The van der Waals surface area contributed by atoms with E-state index in [2.05, 4.69) is 12.2 Å². The minimum atomic E-state index is -0.514. The number of nitrogens with one attached hydrogen (secondary N) is 1. The van der Waals surface area contributed by atoms with Gasteiger partial charge in [0, 0.05) is 6.04 Å². The first-order valence-electron chi connectivity index (χ1n) is 6.45. The number of hydrogen-bond donors (Lipinski definition) is 2. The molecule has 4 heteroatoms. The highest BCUT2D eigenvalue weighted by atomic mass is 16.5. The van der Waals surface area contributed by atoms with Gasteiger partial charge in [-0.1, -0.05) is 13.0 Å². The van der Waals surface area contributed by atoms with Crippen LogP contribution in [0, 0.1) is 0 Å². The van der Waals surface area contributed by atoms with Gasteiger partial charge in [0.15, 0.2) is 6.10 Å². The Labute approximate surface area is 108 Å². The standard InChI is InChI=1S/C14H20N2O2/c1-3-10-4-7-13(12(15)8-10)18-9(2)14(17)16-11-5-6-11/h4,7-9,11H,3,5-6,15H2,1-2H3,(H,16,17). The predicted octanol–water partition coefficient (Wildman–Crippen LogP) is 1.88. The first kappa shape index (κ1) is 12.7. The van der Waals surface area contributed by atoms with Crippen molar-refractivity contribution < 1.29 is 9.53 Å². The number of amides is 1. The average molecular weight is 248 g/mol. The molecule has 1 aromatic carbocycles. The monoisotopic (exact) mass is 248 g/mol. The molecule has 0 aliphatic heterocycles. The highest BCUT2D eigenvalue weighted by Crippen LogP contribution is 2.24. The van der Waals surface area contributed by atoms with E-state index in [4.69, 9.17) is 10.5 Å². The quantitative estimate of drug-likeness (QED) is 0.782. The van der Waals surface area contributed by atoms with Crippen LogP contribution in [0.4, 0.5) is 5.69 Å². The molecule has 1 aliphatic rings. The second-order valence-electron chi connectivity index (χ2n) is 4.77. The van der Waals surface area contributed by atoms with Crippen LogP contribution in [-0.2, 0) is 11.2 Å². The summed E-state index contributed by atoms with van der Waals surface area (Å²) in [6.07, 6.45) is 2.57. The fraction of sp³-hybridized carbons (Fsp3) is 0.500. The molecule has 1 amide bonds. The van der Waals surface area contributed by atoms with E-state index in [1.54, 1.807) is 6.92 Å². The summed E-state index contributed by atoms with van der Waals surface area (Å²) in [7, 11) is 0. The molecule has 1 fully saturated rings. The molecule has 4 nitrogen and oxygen atoms in total. The Kier molecular flexibility index (Phi) is 3.75. The number of nitrogens with two attached hydrogens (primary N) is 1. The summed E-state index contributed by atoms with van der Waals surface area (Å²) in [4.78, 5) is 11.8. The minimum Gasteiger partial charge on any atom is -0.479 e. The van der Waals surface area contributed by atoms with Gasteiger partial charge in [0.25, 0.3) is 5.91 Å². The van der Waals surface area contributed by atoms with Crippen LogP contribution >= 0.6 is 0 Å². The Hall–Kier alpha value is -1.71. The molecular weight excluding hydrogens is 228 g/mol. The number of nitrogen functional groups attached to an aromatic ring is 1. The molecule has 1 atom stereocenters. The molecule has 18 heavy (non-hydrogen) atoms. The maximum atomic E-state index is 11.8. The highest BCUT2D eigenvalue weighted by Gasteiger charge is 2.26. The van der Waals surface area contributed by atoms with Gasteiger partial charge in [0.1, 0.15) is 5.75 Å². The van der Waals surface area contributed by atoms with Crippen molar-refractivity contribution in [2.75, 3.05) is 5.73 Å². The van der Waals surface area contributed by atoms with E-state index in [0.717, 1.165) is 24.8 Å². The number of rotatable bonds is 5. The van der Waals surface area contributed by atoms with Gasteiger partial charge in [0.05, 0.1) is 5.69 Å². The number of carbonyl (C=O) groups is 1. The smallest absolute Gasteiger partial charge is 0.260 e. The third-order valence-corrected chi connectivity index (χ3v) is 3.08. The minimum absolute atomic E-state index is 0.0727. The summed E-state index contributed by atoms with van der Waals surface area (Å²) in [6, 6.07) is 6.04. The maximum absolute atomic E-state index is 11.8. The summed E-state index contributed by atoms with van der Waals surface area (Å²) in [5.74, 6) is 0.502. The molecular formula is C14H20N2O2. The normalized spacial score (nSPS) is 16.1. The van der Waals surface area contributed by atoms with Crippen molar-refractivity contribution in [2.45, 2.75) is 45.3 Å². The molecule has 1 aliphatic carbocycles. The van der Waals surface area contributed by atoms with Crippen LogP contribution < -0.4 is 15.8 Å². The Morgan fingerprint density at radius 2 is 2.28 bits per heavy atom. The molecule has 98 valence electrons. The van der Waals surface area contributed by atoms with Crippen LogP contribution in [0.2, 0.25) is 0 Å². The van der Waals surface area contributed by atoms with Gasteiger partial charge < -0.3 is 15.8 Å². The molecule has 1 unspecified atom stereocenters. The molecule has 2 rings (SSSR count). The fourth-order valence-corrected chi connectivity index (χ4v) is 1.72. The lowest BCUT2D eigenvalue weighted by atomic mass is 10.1. The van der Waals surface area contributed by atoms with E-state index in [0.29, 0.717) is 17.5 Å². The summed E-state index contributed by atoms with van der Waals surface area (Å²) < 4.78 is 5.60. The topological polar surface area (TPSA) is 64.3 Å². The van der Waals surface area contributed by atoms with Gasteiger partial charge >= 0.3 is 0 Å². The van der Waals surface area contributed by atoms with E-state index in [1.165, 1.54) is 0 Å². The SMILES string of the molecule is CCc1ccc(OC(C)C(=O)NC2CC2)c(N)c1. The number of ether oxygens (including phenoxy) is 1. The summed E-state index contributed by atoms with van der Waals surface area (Å²) in [6.45, 7) is 3.81. The third kappa shape index (κ3) is 3.15. The zero-order chi connectivity index (χ0) is 13.1. The number of aryl methyl sites for hydroxylation is 1. The van der Waals surface area contributed by atoms with Gasteiger partial charge in [0.2, 0.25) is 0 Å². The van der Waals surface area contributed by atoms with Crippen LogP contribution in [0.25, 0.3) is 0 Å². The highest BCUT2D eigenvalue weighted by molar-refractivity contribution is 5.81. The number of benzene rings is 1. The molecule has 1 saturated carbocycles. The predicted molar refractivity (Wildman–Crippen MR) is 71.5 cm³/mol. The van der Waals surface area contributed by atoms with Crippen molar-refractivity contribution in [3.05, 3.63) is 23.8 Å². The summed E-state index contributed by atoms with van der Waals surface area (Å²) in [5.41, 5.74) is 7.65. The molecule has 1 aromatic rings. The van der Waals surface area contributed by atoms with Gasteiger partial charge in [-0.15, -0.1) is 0 Å². The average Bonchev–Trinajstić information content (AvgIpc) is 3.15. The zero-order valence-corrected chi connectivity index (χ0v) is 10.9. The summed E-state index contributed by atoms with van der Waals surface area (Å²) in [5, 5.41) is 2.91. The fourth-order valence-electron chi connectivity index (χ4n) is 1.72. The maximum Gasteiger partial charge on any atom is 0.260 e. The van der Waals surface area contributed by atoms with E-state index < -0.39 is 6.10 Å². The Balaban J connectivity index is 1.96. The largest absolute Gasteiger partial charge is 0.479 e. The van der Waals surface area contributed by atoms with Crippen molar-refractivity contribution >= 4 is 11.6 Å². The lowest BCUT2D eigenvalue weighted by Gasteiger charge is -2.16. The lowest BCUT2D eigenvalue weighted by molar-refractivity contribution is -0.127. The van der Waals surface area contributed by atoms with Crippen LogP contribution in [0.15, 0.2) is 18.2 Å². The molecule has 0 radical (unpaired) electrons. The number of anilines is 1. The lowest BCUT2D eigenvalue weighted by Crippen LogP contribution is -2.37. The van der Waals surface area contributed by atoms with Crippen molar-refractivity contribution in [3.63, 3.8) is 0 Å². The Morgan fingerprint density at radius 3 is 2.83 bits per heavy atom. The Bertz CT molecular complexity index is 441. The molecule has 0 heterocycles. The number of carbonyl (C=O) groups excluding carboxylic acids is 1. The molecule has 0 saturated heterocycles. The van der Waals surface area contributed by atoms with Gasteiger partial charge in [-0.3, -0.25) is 4.79 Å². The first-order chi connectivity index (χ1) is 8.60. The number of hydrogen-bond acceptors (Lipinski definition) is 3. The van der Waals surface area contributed by atoms with Gasteiger partial charge in [-0.05, 0) is 43.9 Å². The van der Waals surface area contributed by atoms with E-state index in [9.17, 15) is 4.79 Å². The van der Waals surface area contributed by atoms with E-state index >= 15 is 0 Å². The van der Waals surface area contributed by atoms with Crippen molar-refractivity contribution in [2.24, 2.45) is 0 Å². The van der Waals surface area contributed by atoms with Crippen molar-refractivity contribution in [1.82, 2.24) is 5.32 Å². The van der Waals surface area contributed by atoms with Gasteiger partial charge in [-0.2, -0.15) is 0 Å². The molecule has 0 spiro atoms. The van der Waals surface area contributed by atoms with E-state index in [-0.39, 0.29) is 5.91 Å². The van der Waals surface area contributed by atoms with Crippen LogP contribution in [0.5, 0.6) is 5.75 Å².